The summed E-state index contributed by atoms with van der Waals surface area (Å²) in [5, 5.41) is 4.79. The van der Waals surface area contributed by atoms with Gasteiger partial charge in [0.15, 0.2) is 0 Å². The van der Waals surface area contributed by atoms with Crippen molar-refractivity contribution in [1.82, 2.24) is 10.3 Å². The lowest BCUT2D eigenvalue weighted by atomic mass is 9.95. The van der Waals surface area contributed by atoms with Gasteiger partial charge in [0, 0.05) is 6.54 Å². The molecule has 1 aliphatic heterocycles. The molecule has 1 aliphatic rings. The van der Waals surface area contributed by atoms with Crippen molar-refractivity contribution in [1.29, 1.82) is 0 Å². The van der Waals surface area contributed by atoms with Crippen molar-refractivity contribution in [3.63, 3.8) is 0 Å². The minimum absolute atomic E-state index is 0.248. The average Bonchev–Trinajstić information content (AvgIpc) is 2.89. The van der Waals surface area contributed by atoms with Gasteiger partial charge in [-0.15, -0.1) is 11.3 Å². The number of rotatable bonds is 1. The Balaban J connectivity index is 1.84. The van der Waals surface area contributed by atoms with E-state index in [9.17, 15) is 0 Å². The van der Waals surface area contributed by atoms with Gasteiger partial charge in [-0.2, -0.15) is 0 Å². The SMILES string of the molecule is Cc1ccc2nc(C3NCCc4ccccc43)sc2c1. The van der Waals surface area contributed by atoms with Crippen LogP contribution in [-0.2, 0) is 6.42 Å². The van der Waals surface area contributed by atoms with Crippen molar-refractivity contribution in [3.05, 3.63) is 64.2 Å². The van der Waals surface area contributed by atoms with Gasteiger partial charge in [-0.1, -0.05) is 30.3 Å². The first-order chi connectivity index (χ1) is 9.81. The smallest absolute Gasteiger partial charge is 0.115 e. The standard InChI is InChI=1S/C17H16N2S/c1-11-6-7-14-15(10-11)20-17(19-14)16-13-5-3-2-4-12(13)8-9-18-16/h2-7,10,16,18H,8-9H2,1H3. The fraction of sp³-hybridized carbons (Fsp3) is 0.235. The first-order valence-electron chi connectivity index (χ1n) is 6.99. The number of aryl methyl sites for hydroxylation is 1. The molecule has 0 bridgehead atoms. The highest BCUT2D eigenvalue weighted by atomic mass is 32.1. The Kier molecular flexibility index (Phi) is 2.83. The van der Waals surface area contributed by atoms with Gasteiger partial charge in [0.2, 0.25) is 0 Å². The second-order valence-electron chi connectivity index (χ2n) is 5.36. The lowest BCUT2D eigenvalue weighted by molar-refractivity contribution is 0.566. The second-order valence-corrected chi connectivity index (χ2v) is 6.42. The molecule has 0 spiro atoms. The maximum atomic E-state index is 4.83. The third-order valence-corrected chi connectivity index (χ3v) is 5.00. The van der Waals surface area contributed by atoms with Crippen LogP contribution in [0.1, 0.15) is 27.7 Å². The molecular weight excluding hydrogens is 264 g/mol. The van der Waals surface area contributed by atoms with E-state index in [-0.39, 0.29) is 6.04 Å². The maximum Gasteiger partial charge on any atom is 0.115 e. The Bertz CT molecular complexity index is 776. The topological polar surface area (TPSA) is 24.9 Å². The Morgan fingerprint density at radius 1 is 1.20 bits per heavy atom. The van der Waals surface area contributed by atoms with Crippen LogP contribution in [0.15, 0.2) is 42.5 Å². The maximum absolute atomic E-state index is 4.83. The molecule has 1 aromatic heterocycles. The van der Waals surface area contributed by atoms with Crippen molar-refractivity contribution < 1.29 is 0 Å². The minimum Gasteiger partial charge on any atom is -0.304 e. The summed E-state index contributed by atoms with van der Waals surface area (Å²) in [4.78, 5) is 4.83. The van der Waals surface area contributed by atoms with Crippen molar-refractivity contribution in [3.8, 4) is 0 Å². The third-order valence-electron chi connectivity index (χ3n) is 3.92. The summed E-state index contributed by atoms with van der Waals surface area (Å²) in [5.74, 6) is 0. The van der Waals surface area contributed by atoms with Gasteiger partial charge in [0.25, 0.3) is 0 Å². The van der Waals surface area contributed by atoms with Gasteiger partial charge in [-0.05, 0) is 42.2 Å². The zero-order valence-electron chi connectivity index (χ0n) is 11.4. The van der Waals surface area contributed by atoms with E-state index in [1.807, 2.05) is 11.3 Å². The molecule has 3 aromatic rings. The molecule has 2 aromatic carbocycles. The van der Waals surface area contributed by atoms with Crippen molar-refractivity contribution in [2.45, 2.75) is 19.4 Å². The van der Waals surface area contributed by atoms with Crippen molar-refractivity contribution >= 4 is 21.6 Å². The van der Waals surface area contributed by atoms with Crippen LogP contribution in [0.4, 0.5) is 0 Å². The molecule has 0 radical (unpaired) electrons. The summed E-state index contributed by atoms with van der Waals surface area (Å²) in [7, 11) is 0. The number of thiazole rings is 1. The van der Waals surface area contributed by atoms with E-state index in [4.69, 9.17) is 4.98 Å². The van der Waals surface area contributed by atoms with Crippen molar-refractivity contribution in [2.24, 2.45) is 0 Å². The molecule has 0 fully saturated rings. The van der Waals surface area contributed by atoms with Crippen LogP contribution in [0.5, 0.6) is 0 Å². The first kappa shape index (κ1) is 12.1. The van der Waals surface area contributed by atoms with E-state index in [1.54, 1.807) is 0 Å². The van der Waals surface area contributed by atoms with E-state index < -0.39 is 0 Å². The Labute approximate surface area is 122 Å². The van der Waals surface area contributed by atoms with Gasteiger partial charge in [-0.25, -0.2) is 4.98 Å². The number of benzene rings is 2. The van der Waals surface area contributed by atoms with Crippen LogP contribution in [0.25, 0.3) is 10.2 Å². The molecule has 2 nitrogen and oxygen atoms in total. The first-order valence-corrected chi connectivity index (χ1v) is 7.81. The summed E-state index contributed by atoms with van der Waals surface area (Å²) in [6.45, 7) is 3.16. The summed E-state index contributed by atoms with van der Waals surface area (Å²) < 4.78 is 1.28. The molecule has 0 amide bonds. The summed E-state index contributed by atoms with van der Waals surface area (Å²) >= 11 is 1.81. The lowest BCUT2D eigenvalue weighted by Gasteiger charge is -2.25. The molecule has 1 N–H and O–H groups in total. The number of aromatic nitrogens is 1. The van der Waals surface area contributed by atoms with Crippen LogP contribution >= 0.6 is 11.3 Å². The molecule has 4 rings (SSSR count). The molecular formula is C17H16N2S. The normalized spacial score (nSPS) is 18.1. The molecule has 1 unspecified atom stereocenters. The van der Waals surface area contributed by atoms with E-state index in [0.717, 1.165) is 18.5 Å². The third kappa shape index (κ3) is 1.94. The monoisotopic (exact) mass is 280 g/mol. The quantitative estimate of drug-likeness (QED) is 0.732. The highest BCUT2D eigenvalue weighted by molar-refractivity contribution is 7.18. The number of nitrogens with zero attached hydrogens (tertiary/aromatic N) is 1. The minimum atomic E-state index is 0.248. The van der Waals surface area contributed by atoms with Crippen LogP contribution in [-0.4, -0.2) is 11.5 Å². The van der Waals surface area contributed by atoms with Gasteiger partial charge < -0.3 is 5.32 Å². The molecule has 100 valence electrons. The molecule has 20 heavy (non-hydrogen) atoms. The number of fused-ring (bicyclic) bond motifs is 2. The van der Waals surface area contributed by atoms with Gasteiger partial charge in [0.05, 0.1) is 16.3 Å². The van der Waals surface area contributed by atoms with Crippen LogP contribution < -0.4 is 5.32 Å². The van der Waals surface area contributed by atoms with Gasteiger partial charge in [0.1, 0.15) is 5.01 Å². The highest BCUT2D eigenvalue weighted by Gasteiger charge is 2.23. The van der Waals surface area contributed by atoms with Crippen LogP contribution in [0.3, 0.4) is 0 Å². The predicted octanol–water partition coefficient (Wildman–Crippen LogP) is 3.84. The Morgan fingerprint density at radius 3 is 3.05 bits per heavy atom. The molecule has 3 heteroatoms. The lowest BCUT2D eigenvalue weighted by Crippen LogP contribution is -2.30. The molecule has 1 atom stereocenters. The fourth-order valence-electron chi connectivity index (χ4n) is 2.90. The second kappa shape index (κ2) is 4.69. The van der Waals surface area contributed by atoms with Gasteiger partial charge in [-0.3, -0.25) is 0 Å². The van der Waals surface area contributed by atoms with Crippen LogP contribution in [0.2, 0.25) is 0 Å². The molecule has 0 saturated carbocycles. The summed E-state index contributed by atoms with van der Waals surface area (Å²) in [5.41, 5.74) is 5.24. The fourth-order valence-corrected chi connectivity index (χ4v) is 4.06. The predicted molar refractivity (Wildman–Crippen MR) is 84.3 cm³/mol. The van der Waals surface area contributed by atoms with E-state index in [2.05, 4.69) is 54.7 Å². The Morgan fingerprint density at radius 2 is 2.10 bits per heavy atom. The summed E-state index contributed by atoms with van der Waals surface area (Å²) in [6.07, 6.45) is 1.11. The average molecular weight is 280 g/mol. The van der Waals surface area contributed by atoms with Gasteiger partial charge >= 0.3 is 0 Å². The molecule has 0 aliphatic carbocycles. The van der Waals surface area contributed by atoms with Crippen LogP contribution in [0, 0.1) is 6.92 Å². The number of hydrogen-bond acceptors (Lipinski definition) is 3. The summed E-state index contributed by atoms with van der Waals surface area (Å²) in [6, 6.07) is 15.4. The zero-order chi connectivity index (χ0) is 13.5. The number of hydrogen-bond donors (Lipinski definition) is 1. The van der Waals surface area contributed by atoms with E-state index >= 15 is 0 Å². The zero-order valence-corrected chi connectivity index (χ0v) is 12.2. The Hall–Kier alpha value is -1.71. The largest absolute Gasteiger partial charge is 0.304 e. The highest BCUT2D eigenvalue weighted by Crippen LogP contribution is 2.33. The van der Waals surface area contributed by atoms with Crippen molar-refractivity contribution in [2.75, 3.05) is 6.54 Å². The number of nitrogens with one attached hydrogen (secondary N) is 1. The van der Waals surface area contributed by atoms with E-state index in [1.165, 1.54) is 26.4 Å². The molecule has 0 saturated heterocycles. The van der Waals surface area contributed by atoms with E-state index in [0.29, 0.717) is 0 Å². The molecule has 2 heterocycles.